The summed E-state index contributed by atoms with van der Waals surface area (Å²) in [6.07, 6.45) is -0.167. The highest BCUT2D eigenvalue weighted by Crippen LogP contribution is 2.18. The lowest BCUT2D eigenvalue weighted by Gasteiger charge is -2.18. The van der Waals surface area contributed by atoms with Crippen LogP contribution in [0.4, 0.5) is 0 Å². The number of aryl methyl sites for hydroxylation is 1. The zero-order chi connectivity index (χ0) is 17.3. The minimum Gasteiger partial charge on any atom is -0.465 e. The van der Waals surface area contributed by atoms with Gasteiger partial charge in [-0.2, -0.15) is 4.68 Å². The van der Waals surface area contributed by atoms with Gasteiger partial charge in [0.2, 0.25) is 5.89 Å². The van der Waals surface area contributed by atoms with Crippen molar-refractivity contribution in [1.29, 1.82) is 0 Å². The van der Waals surface area contributed by atoms with Crippen molar-refractivity contribution in [2.24, 2.45) is 0 Å². The fourth-order valence-electron chi connectivity index (χ4n) is 2.96. The lowest BCUT2D eigenvalue weighted by atomic mass is 10.1. The van der Waals surface area contributed by atoms with Gasteiger partial charge in [0.25, 0.3) is 4.84 Å². The van der Waals surface area contributed by atoms with E-state index in [1.165, 1.54) is 7.11 Å². The number of likely N-dealkylation sites (tertiary alicyclic amines) is 1. The molecule has 1 aromatic carbocycles. The van der Waals surface area contributed by atoms with E-state index in [0.717, 1.165) is 16.0 Å². The lowest BCUT2D eigenvalue weighted by Crippen LogP contribution is -3.14. The number of nitrogens with zero attached hydrogens (tertiary/aromatic N) is 2. The number of carbonyl (C=O) groups is 1. The Morgan fingerprint density at radius 2 is 2.21 bits per heavy atom. The molecule has 128 valence electrons. The van der Waals surface area contributed by atoms with Crippen LogP contribution in [0.1, 0.15) is 12.0 Å². The molecule has 3 atom stereocenters. The summed E-state index contributed by atoms with van der Waals surface area (Å²) in [5.74, 6) is 0.101. The van der Waals surface area contributed by atoms with Gasteiger partial charge in [0.1, 0.15) is 12.6 Å². The summed E-state index contributed by atoms with van der Waals surface area (Å²) in [4.78, 5) is 13.0. The van der Waals surface area contributed by atoms with Crippen LogP contribution in [-0.4, -0.2) is 46.7 Å². The van der Waals surface area contributed by atoms with Crippen molar-refractivity contribution >= 4 is 18.2 Å². The van der Waals surface area contributed by atoms with Gasteiger partial charge in [-0.15, -0.1) is 5.10 Å². The van der Waals surface area contributed by atoms with Crippen LogP contribution in [0.25, 0.3) is 11.5 Å². The van der Waals surface area contributed by atoms with Crippen molar-refractivity contribution in [2.75, 3.05) is 13.7 Å². The molecule has 3 rings (SSSR count). The molecule has 0 radical (unpaired) electrons. The fraction of sp³-hybridized carbons (Fsp3) is 0.438. The van der Waals surface area contributed by atoms with Gasteiger partial charge in [-0.25, -0.2) is 4.79 Å². The predicted molar refractivity (Wildman–Crippen MR) is 87.8 cm³/mol. The molecular weight excluding hydrogens is 330 g/mol. The largest absolute Gasteiger partial charge is 0.465 e. The highest BCUT2D eigenvalue weighted by molar-refractivity contribution is 7.71. The van der Waals surface area contributed by atoms with Gasteiger partial charge < -0.3 is 19.2 Å². The summed E-state index contributed by atoms with van der Waals surface area (Å²) in [5.41, 5.74) is 1.99. The Kier molecular flexibility index (Phi) is 4.79. The summed E-state index contributed by atoms with van der Waals surface area (Å²) in [6.45, 7) is 2.78. The first-order valence-electron chi connectivity index (χ1n) is 7.73. The average molecular weight is 350 g/mol. The molecule has 1 aliphatic rings. The first-order chi connectivity index (χ1) is 11.5. The van der Waals surface area contributed by atoms with Gasteiger partial charge in [-0.1, -0.05) is 17.7 Å². The summed E-state index contributed by atoms with van der Waals surface area (Å²) in [6, 6.07) is 7.37. The third-order valence-electron chi connectivity index (χ3n) is 4.24. The fourth-order valence-corrected chi connectivity index (χ4v) is 3.14. The Hall–Kier alpha value is -2.03. The summed E-state index contributed by atoms with van der Waals surface area (Å²) >= 11 is 5.24. The van der Waals surface area contributed by atoms with Gasteiger partial charge in [0.15, 0.2) is 12.7 Å². The number of esters is 1. The van der Waals surface area contributed by atoms with Gasteiger partial charge in [0.05, 0.1) is 7.11 Å². The van der Waals surface area contributed by atoms with E-state index in [1.54, 1.807) is 4.68 Å². The second-order valence-corrected chi connectivity index (χ2v) is 6.37. The van der Waals surface area contributed by atoms with Crippen molar-refractivity contribution in [1.82, 2.24) is 9.78 Å². The Bertz CT molecular complexity index is 783. The van der Waals surface area contributed by atoms with E-state index in [1.807, 2.05) is 31.2 Å². The molecule has 7 nitrogen and oxygen atoms in total. The Labute approximate surface area is 144 Å². The molecule has 8 heteroatoms. The number of rotatable bonds is 4. The second-order valence-electron chi connectivity index (χ2n) is 6.02. The van der Waals surface area contributed by atoms with Crippen molar-refractivity contribution in [3.63, 3.8) is 0 Å². The molecule has 0 bridgehead atoms. The zero-order valence-electron chi connectivity index (χ0n) is 13.6. The number of benzene rings is 1. The number of carbonyl (C=O) groups excluding carboxylic acids is 1. The zero-order valence-corrected chi connectivity index (χ0v) is 14.4. The standard InChI is InChI=1S/C16H19N3O4S/c1-10-3-5-11(6-4-10)14-17-19(16(24)23-14)9-18-8-12(20)7-13(18)15(21)22-2/h3-6,12-13,20H,7-9H2,1-2H3/p+1/t12-,13+/m1/s1. The van der Waals surface area contributed by atoms with E-state index in [2.05, 4.69) is 5.10 Å². The Morgan fingerprint density at radius 3 is 2.88 bits per heavy atom. The highest BCUT2D eigenvalue weighted by atomic mass is 32.1. The van der Waals surface area contributed by atoms with E-state index >= 15 is 0 Å². The van der Waals surface area contributed by atoms with E-state index < -0.39 is 12.1 Å². The topological polar surface area (TPSA) is 81.9 Å². The quantitative estimate of drug-likeness (QED) is 0.611. The van der Waals surface area contributed by atoms with Crippen LogP contribution < -0.4 is 4.90 Å². The summed E-state index contributed by atoms with van der Waals surface area (Å²) < 4.78 is 11.9. The molecule has 1 fully saturated rings. The second kappa shape index (κ2) is 6.84. The summed E-state index contributed by atoms with van der Waals surface area (Å²) in [5, 5.41) is 14.3. The number of aliphatic hydroxyl groups excluding tert-OH is 1. The molecule has 2 heterocycles. The maximum atomic E-state index is 11.9. The molecule has 1 saturated heterocycles. The molecule has 2 aromatic rings. The third-order valence-corrected chi connectivity index (χ3v) is 4.54. The van der Waals surface area contributed by atoms with Crippen LogP contribution in [0.3, 0.4) is 0 Å². The van der Waals surface area contributed by atoms with Crippen molar-refractivity contribution in [2.45, 2.75) is 32.2 Å². The van der Waals surface area contributed by atoms with Crippen molar-refractivity contribution in [3.8, 4) is 11.5 Å². The third kappa shape index (κ3) is 3.40. The lowest BCUT2D eigenvalue weighted by molar-refractivity contribution is -0.928. The number of nitrogens with one attached hydrogen (secondary N) is 1. The number of ether oxygens (including phenoxy) is 1. The van der Waals surface area contributed by atoms with E-state index in [4.69, 9.17) is 21.4 Å². The van der Waals surface area contributed by atoms with Crippen molar-refractivity contribution in [3.05, 3.63) is 34.7 Å². The van der Waals surface area contributed by atoms with Gasteiger partial charge in [0, 0.05) is 12.0 Å². The number of aliphatic hydroxyl groups is 1. The normalized spacial score (nSPS) is 23.4. The van der Waals surface area contributed by atoms with E-state index in [9.17, 15) is 9.90 Å². The van der Waals surface area contributed by atoms with Crippen molar-refractivity contribution < 1.29 is 24.0 Å². The number of hydrogen-bond acceptors (Lipinski definition) is 6. The highest BCUT2D eigenvalue weighted by Gasteiger charge is 2.41. The van der Waals surface area contributed by atoms with Crippen LogP contribution in [-0.2, 0) is 16.2 Å². The van der Waals surface area contributed by atoms with Crippen LogP contribution in [0.2, 0.25) is 0 Å². The summed E-state index contributed by atoms with van der Waals surface area (Å²) in [7, 11) is 1.35. The first kappa shape index (κ1) is 16.8. The molecule has 1 aliphatic heterocycles. The van der Waals surface area contributed by atoms with E-state index in [-0.39, 0.29) is 10.8 Å². The van der Waals surface area contributed by atoms with Gasteiger partial charge in [-0.05, 0) is 31.3 Å². The average Bonchev–Trinajstić information content (AvgIpc) is 3.11. The number of aromatic nitrogens is 2. The monoisotopic (exact) mass is 350 g/mol. The molecule has 0 amide bonds. The molecule has 1 aromatic heterocycles. The van der Waals surface area contributed by atoms with Crippen LogP contribution >= 0.6 is 12.2 Å². The minimum absolute atomic E-state index is 0.239. The molecular formula is C16H20N3O4S+. The van der Waals surface area contributed by atoms with E-state index in [0.29, 0.717) is 25.5 Å². The maximum absolute atomic E-state index is 11.9. The SMILES string of the molecule is COC(=O)[C@@H]1C[C@@H](O)C[NH+]1Cn1nc(-c2ccc(C)cc2)oc1=S. The Balaban J connectivity index is 1.81. The molecule has 2 N–H and O–H groups in total. The number of methoxy groups -OCH3 is 1. The van der Waals surface area contributed by atoms with Crippen LogP contribution in [0.15, 0.2) is 28.7 Å². The maximum Gasteiger partial charge on any atom is 0.364 e. The smallest absolute Gasteiger partial charge is 0.364 e. The first-order valence-corrected chi connectivity index (χ1v) is 8.14. The molecule has 24 heavy (non-hydrogen) atoms. The van der Waals surface area contributed by atoms with Crippen LogP contribution in [0.5, 0.6) is 0 Å². The number of quaternary nitrogens is 1. The molecule has 0 aliphatic carbocycles. The molecule has 0 spiro atoms. The Morgan fingerprint density at radius 1 is 1.50 bits per heavy atom. The predicted octanol–water partition coefficient (Wildman–Crippen LogP) is 0.330. The molecule has 1 unspecified atom stereocenters. The van der Waals surface area contributed by atoms with Crippen LogP contribution in [0, 0.1) is 11.8 Å². The molecule has 0 saturated carbocycles. The number of hydrogen-bond donors (Lipinski definition) is 2. The minimum atomic E-state index is -0.540. The van der Waals surface area contributed by atoms with Gasteiger partial charge in [-0.3, -0.25) is 0 Å². The van der Waals surface area contributed by atoms with Gasteiger partial charge >= 0.3 is 5.97 Å².